The molecule has 0 fully saturated rings. The first kappa shape index (κ1) is 10.9. The lowest BCUT2D eigenvalue weighted by Gasteiger charge is -2.18. The fourth-order valence-corrected chi connectivity index (χ4v) is 2.55. The van der Waals surface area contributed by atoms with Gasteiger partial charge in [-0.15, -0.1) is 0 Å². The van der Waals surface area contributed by atoms with Crippen LogP contribution in [-0.2, 0) is 24.1 Å². The van der Waals surface area contributed by atoms with Crippen LogP contribution in [0.25, 0.3) is 0 Å². The van der Waals surface area contributed by atoms with E-state index in [0.29, 0.717) is 6.61 Å². The summed E-state index contributed by atoms with van der Waals surface area (Å²) >= 11 is 6.25. The van der Waals surface area contributed by atoms with Gasteiger partial charge in [0.05, 0.1) is 6.61 Å². The van der Waals surface area contributed by atoms with Crippen molar-refractivity contribution in [3.05, 3.63) is 33.8 Å². The molecule has 0 amide bonds. The lowest BCUT2D eigenvalue weighted by molar-refractivity contribution is 0.141. The second-order valence-corrected chi connectivity index (χ2v) is 4.45. The summed E-state index contributed by atoms with van der Waals surface area (Å²) < 4.78 is 0. The molecule has 2 N–H and O–H groups in total. The van der Waals surface area contributed by atoms with Crippen LogP contribution in [0.15, 0.2) is 12.1 Å². The van der Waals surface area contributed by atoms with Crippen LogP contribution in [0, 0.1) is 0 Å². The standard InChI is InChI=1S/C12H16ClNO/c13-12-8-9(5-6-15-14)7-10-3-1-2-4-11(10)12/h7-8H,1-6,14H2. The summed E-state index contributed by atoms with van der Waals surface area (Å²) in [7, 11) is 0. The van der Waals surface area contributed by atoms with Crippen LogP contribution >= 0.6 is 11.6 Å². The maximum atomic E-state index is 6.25. The summed E-state index contributed by atoms with van der Waals surface area (Å²) in [5, 5.41) is 0.916. The van der Waals surface area contributed by atoms with Crippen LogP contribution in [0.1, 0.15) is 29.5 Å². The van der Waals surface area contributed by atoms with E-state index in [1.165, 1.54) is 29.5 Å². The van der Waals surface area contributed by atoms with Crippen LogP contribution in [0.2, 0.25) is 5.02 Å². The Balaban J connectivity index is 2.24. The number of rotatable bonds is 3. The first-order chi connectivity index (χ1) is 7.31. The molecule has 0 aliphatic heterocycles. The molecule has 0 spiro atoms. The first-order valence-corrected chi connectivity index (χ1v) is 5.81. The number of hydrogen-bond acceptors (Lipinski definition) is 2. The second-order valence-electron chi connectivity index (χ2n) is 4.04. The van der Waals surface area contributed by atoms with Crippen molar-refractivity contribution in [2.75, 3.05) is 6.61 Å². The SMILES string of the molecule is NOCCc1cc(Cl)c2c(c1)CCCC2. The predicted octanol–water partition coefficient (Wildman–Crippen LogP) is 2.65. The van der Waals surface area contributed by atoms with Crippen LogP contribution in [-0.4, -0.2) is 6.61 Å². The fraction of sp³-hybridized carbons (Fsp3) is 0.500. The monoisotopic (exact) mass is 225 g/mol. The summed E-state index contributed by atoms with van der Waals surface area (Å²) in [4.78, 5) is 4.59. The minimum atomic E-state index is 0.551. The molecule has 0 bridgehead atoms. The van der Waals surface area contributed by atoms with Crippen molar-refractivity contribution in [1.29, 1.82) is 0 Å². The van der Waals surface area contributed by atoms with Gasteiger partial charge in [-0.25, -0.2) is 5.90 Å². The average Bonchev–Trinajstić information content (AvgIpc) is 2.26. The van der Waals surface area contributed by atoms with E-state index in [-0.39, 0.29) is 0 Å². The van der Waals surface area contributed by atoms with Gasteiger partial charge in [-0.05, 0) is 54.9 Å². The summed E-state index contributed by atoms with van der Waals surface area (Å²) in [5.41, 5.74) is 3.99. The molecule has 0 heterocycles. The molecule has 2 rings (SSSR count). The smallest absolute Gasteiger partial charge is 0.0719 e. The third-order valence-electron chi connectivity index (χ3n) is 2.98. The molecule has 0 unspecified atom stereocenters. The van der Waals surface area contributed by atoms with E-state index in [0.717, 1.165) is 24.3 Å². The van der Waals surface area contributed by atoms with Crippen LogP contribution in [0.3, 0.4) is 0 Å². The molecule has 1 aromatic carbocycles. The molecular weight excluding hydrogens is 210 g/mol. The Labute approximate surface area is 95.3 Å². The number of fused-ring (bicyclic) bond motifs is 1. The minimum absolute atomic E-state index is 0.551. The largest absolute Gasteiger partial charge is 0.304 e. The summed E-state index contributed by atoms with van der Waals surface area (Å²) in [5.74, 6) is 5.02. The molecule has 15 heavy (non-hydrogen) atoms. The van der Waals surface area contributed by atoms with E-state index in [4.69, 9.17) is 17.5 Å². The highest BCUT2D eigenvalue weighted by atomic mass is 35.5. The Morgan fingerprint density at radius 1 is 1.27 bits per heavy atom. The highest BCUT2D eigenvalue weighted by Crippen LogP contribution is 2.29. The van der Waals surface area contributed by atoms with Crippen LogP contribution in [0.5, 0.6) is 0 Å². The Morgan fingerprint density at radius 2 is 2.07 bits per heavy atom. The average molecular weight is 226 g/mol. The van der Waals surface area contributed by atoms with Gasteiger partial charge >= 0.3 is 0 Å². The highest BCUT2D eigenvalue weighted by molar-refractivity contribution is 6.31. The molecule has 0 radical (unpaired) electrons. The zero-order valence-corrected chi connectivity index (χ0v) is 9.52. The van der Waals surface area contributed by atoms with Crippen molar-refractivity contribution < 1.29 is 4.84 Å². The topological polar surface area (TPSA) is 35.2 Å². The van der Waals surface area contributed by atoms with Crippen LogP contribution in [0.4, 0.5) is 0 Å². The van der Waals surface area contributed by atoms with Gasteiger partial charge in [0.2, 0.25) is 0 Å². The Morgan fingerprint density at radius 3 is 2.87 bits per heavy atom. The van der Waals surface area contributed by atoms with Crippen molar-refractivity contribution in [3.63, 3.8) is 0 Å². The van der Waals surface area contributed by atoms with Crippen molar-refractivity contribution >= 4 is 11.6 Å². The molecule has 1 aromatic rings. The number of hydrogen-bond donors (Lipinski definition) is 1. The predicted molar refractivity (Wildman–Crippen MR) is 61.9 cm³/mol. The molecule has 0 saturated carbocycles. The van der Waals surface area contributed by atoms with Crippen molar-refractivity contribution in [3.8, 4) is 0 Å². The zero-order valence-electron chi connectivity index (χ0n) is 8.76. The maximum absolute atomic E-state index is 6.25. The molecular formula is C12H16ClNO. The molecule has 1 aliphatic rings. The first-order valence-electron chi connectivity index (χ1n) is 5.43. The quantitative estimate of drug-likeness (QED) is 0.803. The number of benzene rings is 1. The minimum Gasteiger partial charge on any atom is -0.304 e. The number of aryl methyl sites for hydroxylation is 1. The Hall–Kier alpha value is -0.570. The lowest BCUT2D eigenvalue weighted by Crippen LogP contribution is -2.07. The van der Waals surface area contributed by atoms with Gasteiger partial charge in [-0.3, -0.25) is 0 Å². The van der Waals surface area contributed by atoms with E-state index in [1.807, 2.05) is 6.07 Å². The molecule has 82 valence electrons. The Kier molecular flexibility index (Phi) is 3.62. The third kappa shape index (κ3) is 2.51. The van der Waals surface area contributed by atoms with E-state index < -0.39 is 0 Å². The van der Waals surface area contributed by atoms with Gasteiger partial charge in [0, 0.05) is 5.02 Å². The van der Waals surface area contributed by atoms with Gasteiger partial charge in [0.15, 0.2) is 0 Å². The second kappa shape index (κ2) is 4.97. The van der Waals surface area contributed by atoms with Gasteiger partial charge in [-0.1, -0.05) is 17.7 Å². The fourth-order valence-electron chi connectivity index (χ4n) is 2.20. The summed E-state index contributed by atoms with van der Waals surface area (Å²) in [6.07, 6.45) is 5.66. The molecule has 3 heteroatoms. The van der Waals surface area contributed by atoms with E-state index in [2.05, 4.69) is 10.9 Å². The van der Waals surface area contributed by atoms with Gasteiger partial charge in [-0.2, -0.15) is 0 Å². The van der Waals surface area contributed by atoms with Crippen molar-refractivity contribution in [1.82, 2.24) is 0 Å². The van der Waals surface area contributed by atoms with Crippen molar-refractivity contribution in [2.24, 2.45) is 5.90 Å². The zero-order chi connectivity index (χ0) is 10.7. The Bertz CT molecular complexity index is 352. The molecule has 2 nitrogen and oxygen atoms in total. The highest BCUT2D eigenvalue weighted by Gasteiger charge is 2.13. The van der Waals surface area contributed by atoms with Crippen LogP contribution < -0.4 is 5.90 Å². The van der Waals surface area contributed by atoms with Crippen molar-refractivity contribution in [2.45, 2.75) is 32.1 Å². The molecule has 1 aliphatic carbocycles. The van der Waals surface area contributed by atoms with E-state index >= 15 is 0 Å². The lowest BCUT2D eigenvalue weighted by atomic mass is 9.90. The van der Waals surface area contributed by atoms with E-state index in [1.54, 1.807) is 0 Å². The summed E-state index contributed by atoms with van der Waals surface area (Å²) in [6.45, 7) is 0.551. The molecule has 0 saturated heterocycles. The number of halogens is 1. The molecule has 0 aromatic heterocycles. The number of nitrogens with two attached hydrogens (primary N) is 1. The summed E-state index contributed by atoms with van der Waals surface area (Å²) in [6, 6.07) is 4.30. The van der Waals surface area contributed by atoms with Gasteiger partial charge in [0.1, 0.15) is 0 Å². The molecule has 0 atom stereocenters. The van der Waals surface area contributed by atoms with Gasteiger partial charge in [0.25, 0.3) is 0 Å². The van der Waals surface area contributed by atoms with E-state index in [9.17, 15) is 0 Å². The normalized spacial score (nSPS) is 15.1. The maximum Gasteiger partial charge on any atom is 0.0719 e. The van der Waals surface area contributed by atoms with Gasteiger partial charge < -0.3 is 4.84 Å². The third-order valence-corrected chi connectivity index (χ3v) is 3.32.